The van der Waals surface area contributed by atoms with Crippen LogP contribution in [0.3, 0.4) is 0 Å². The molecular weight excluding hydrogens is 296 g/mol. The lowest BCUT2D eigenvalue weighted by Crippen LogP contribution is -1.93. The zero-order valence-corrected chi connectivity index (χ0v) is 16.0. The predicted molar refractivity (Wildman–Crippen MR) is 105 cm³/mol. The van der Waals surface area contributed by atoms with Gasteiger partial charge < -0.3 is 5.11 Å². The van der Waals surface area contributed by atoms with Crippen LogP contribution in [-0.2, 0) is 4.79 Å². The summed E-state index contributed by atoms with van der Waals surface area (Å²) in [5, 5.41) is 8.55. The van der Waals surface area contributed by atoms with Gasteiger partial charge in [0.25, 0.3) is 0 Å². The van der Waals surface area contributed by atoms with Crippen molar-refractivity contribution < 1.29 is 9.90 Å². The maximum Gasteiger partial charge on any atom is 0.303 e. The molecule has 0 radical (unpaired) electrons. The van der Waals surface area contributed by atoms with Crippen molar-refractivity contribution in [2.24, 2.45) is 0 Å². The largest absolute Gasteiger partial charge is 0.481 e. The van der Waals surface area contributed by atoms with Crippen LogP contribution in [-0.4, -0.2) is 11.1 Å². The maximum atomic E-state index is 10.4. The lowest BCUT2D eigenvalue weighted by Gasteiger charge is -2.01. The Balaban J connectivity index is 3.14. The van der Waals surface area contributed by atoms with E-state index in [2.05, 4.69) is 31.2 Å². The molecule has 0 unspecified atom stereocenters. The van der Waals surface area contributed by atoms with Crippen LogP contribution in [0.4, 0.5) is 0 Å². The van der Waals surface area contributed by atoms with Crippen molar-refractivity contribution >= 4 is 5.97 Å². The van der Waals surface area contributed by atoms with Gasteiger partial charge in [-0.15, -0.1) is 0 Å². The molecule has 2 heteroatoms. The lowest BCUT2D eigenvalue weighted by molar-refractivity contribution is -0.137. The lowest BCUT2D eigenvalue weighted by atomic mass is 10.1. The molecule has 0 aliphatic rings. The molecule has 0 aliphatic heterocycles. The fourth-order valence-corrected chi connectivity index (χ4v) is 2.79. The molecule has 0 aromatic rings. The summed E-state index contributed by atoms with van der Waals surface area (Å²) in [6, 6.07) is 0. The second kappa shape index (κ2) is 20.0. The molecule has 0 bridgehead atoms. The monoisotopic (exact) mass is 336 g/mol. The normalized spacial score (nSPS) is 11.7. The van der Waals surface area contributed by atoms with Gasteiger partial charge in [0.05, 0.1) is 0 Å². The van der Waals surface area contributed by atoms with E-state index in [4.69, 9.17) is 5.11 Å². The number of carboxylic acid groups (broad SMARTS) is 1. The fourth-order valence-electron chi connectivity index (χ4n) is 2.79. The Hall–Kier alpha value is -1.05. The summed E-state index contributed by atoms with van der Waals surface area (Å²) in [5.41, 5.74) is 0. The summed E-state index contributed by atoms with van der Waals surface area (Å²) in [6.45, 7) is 2.25. The third-order valence-corrected chi connectivity index (χ3v) is 4.34. The minimum Gasteiger partial charge on any atom is -0.481 e. The van der Waals surface area contributed by atoms with Crippen LogP contribution in [0.2, 0.25) is 0 Å². The number of hydrogen-bond donors (Lipinski definition) is 1. The quantitative estimate of drug-likeness (QED) is 0.208. The molecule has 0 heterocycles. The van der Waals surface area contributed by atoms with Gasteiger partial charge in [-0.25, -0.2) is 0 Å². The first-order chi connectivity index (χ1) is 11.8. The van der Waals surface area contributed by atoms with Crippen molar-refractivity contribution in [1.82, 2.24) is 0 Å². The number of rotatable bonds is 18. The first-order valence-electron chi connectivity index (χ1n) is 10.3. The highest BCUT2D eigenvalue weighted by molar-refractivity contribution is 5.66. The minimum absolute atomic E-state index is 0.335. The zero-order valence-electron chi connectivity index (χ0n) is 16.0. The second-order valence-electron chi connectivity index (χ2n) is 6.79. The molecule has 0 saturated carbocycles. The van der Waals surface area contributed by atoms with Crippen LogP contribution in [0.25, 0.3) is 0 Å². The van der Waals surface area contributed by atoms with Gasteiger partial charge >= 0.3 is 5.97 Å². The molecule has 0 atom stereocenters. The van der Waals surface area contributed by atoms with Gasteiger partial charge in [-0.2, -0.15) is 0 Å². The van der Waals surface area contributed by atoms with Crippen molar-refractivity contribution in [3.05, 3.63) is 24.3 Å². The van der Waals surface area contributed by atoms with Crippen molar-refractivity contribution in [3.8, 4) is 0 Å². The van der Waals surface area contributed by atoms with Crippen LogP contribution in [0.5, 0.6) is 0 Å². The molecule has 0 saturated heterocycles. The van der Waals surface area contributed by atoms with Gasteiger partial charge in [0.15, 0.2) is 0 Å². The van der Waals surface area contributed by atoms with Crippen LogP contribution in [0.15, 0.2) is 24.3 Å². The third kappa shape index (κ3) is 20.9. The number of carboxylic acids is 1. The van der Waals surface area contributed by atoms with Crippen molar-refractivity contribution in [2.75, 3.05) is 0 Å². The Labute approximate surface area is 150 Å². The zero-order chi connectivity index (χ0) is 17.7. The summed E-state index contributed by atoms with van der Waals surface area (Å²) in [4.78, 5) is 10.4. The van der Waals surface area contributed by atoms with E-state index in [1.54, 1.807) is 0 Å². The Morgan fingerprint density at radius 2 is 1.12 bits per heavy atom. The highest BCUT2D eigenvalue weighted by Crippen LogP contribution is 2.11. The van der Waals surface area contributed by atoms with Crippen LogP contribution in [0, 0.1) is 0 Å². The Morgan fingerprint density at radius 1 is 0.667 bits per heavy atom. The third-order valence-electron chi connectivity index (χ3n) is 4.34. The van der Waals surface area contributed by atoms with Gasteiger partial charge in [-0.3, -0.25) is 4.79 Å². The average Bonchev–Trinajstić information content (AvgIpc) is 2.56. The highest BCUT2D eigenvalue weighted by Gasteiger charge is 1.96. The molecule has 1 N–H and O–H groups in total. The number of carbonyl (C=O) groups is 1. The molecule has 0 amide bonds. The topological polar surface area (TPSA) is 37.3 Å². The van der Waals surface area contributed by atoms with Gasteiger partial charge in [0.1, 0.15) is 0 Å². The van der Waals surface area contributed by atoms with E-state index in [-0.39, 0.29) is 0 Å². The van der Waals surface area contributed by atoms with Crippen LogP contribution < -0.4 is 0 Å². The van der Waals surface area contributed by atoms with Crippen molar-refractivity contribution in [2.45, 2.75) is 110 Å². The average molecular weight is 337 g/mol. The summed E-state index contributed by atoms with van der Waals surface area (Å²) in [7, 11) is 0. The van der Waals surface area contributed by atoms with Crippen molar-refractivity contribution in [3.63, 3.8) is 0 Å². The number of hydrogen-bond acceptors (Lipinski definition) is 1. The van der Waals surface area contributed by atoms with E-state index < -0.39 is 5.97 Å². The maximum absolute atomic E-state index is 10.4. The van der Waals surface area contributed by atoms with E-state index in [1.807, 2.05) is 0 Å². The molecule has 0 spiro atoms. The van der Waals surface area contributed by atoms with Gasteiger partial charge in [0.2, 0.25) is 0 Å². The van der Waals surface area contributed by atoms with Gasteiger partial charge in [-0.05, 0) is 38.5 Å². The number of allylic oxidation sites excluding steroid dienone is 4. The summed E-state index contributed by atoms with van der Waals surface area (Å²) in [6.07, 6.45) is 28.2. The first-order valence-corrected chi connectivity index (χ1v) is 10.3. The van der Waals surface area contributed by atoms with Crippen LogP contribution in [0.1, 0.15) is 110 Å². The van der Waals surface area contributed by atoms with E-state index in [0.717, 1.165) is 19.3 Å². The Morgan fingerprint density at radius 3 is 1.62 bits per heavy atom. The van der Waals surface area contributed by atoms with E-state index in [1.165, 1.54) is 77.0 Å². The van der Waals surface area contributed by atoms with E-state index in [0.29, 0.717) is 6.42 Å². The number of aliphatic carboxylic acids is 1. The number of unbranched alkanes of at least 4 members (excludes halogenated alkanes) is 12. The standard InChI is InChI=1S/C22H40O2/c1-2-3-4-5-6-7-8-9-10-11-12-13-14-15-16-17-18-19-20-21-22(23)24/h6-7,9-10H,2-5,8,11-21H2,1H3,(H,23,24)/b7-6+,10-9-. The van der Waals surface area contributed by atoms with E-state index >= 15 is 0 Å². The summed E-state index contributed by atoms with van der Waals surface area (Å²) in [5.74, 6) is -0.660. The summed E-state index contributed by atoms with van der Waals surface area (Å²) < 4.78 is 0. The molecule has 140 valence electrons. The van der Waals surface area contributed by atoms with Crippen molar-refractivity contribution in [1.29, 1.82) is 0 Å². The van der Waals surface area contributed by atoms with E-state index in [9.17, 15) is 4.79 Å². The Kier molecular flexibility index (Phi) is 19.1. The van der Waals surface area contributed by atoms with Gasteiger partial charge in [0, 0.05) is 6.42 Å². The summed E-state index contributed by atoms with van der Waals surface area (Å²) >= 11 is 0. The molecule has 0 aromatic carbocycles. The minimum atomic E-state index is -0.660. The predicted octanol–water partition coefficient (Wildman–Crippen LogP) is 7.44. The first kappa shape index (κ1) is 22.9. The van der Waals surface area contributed by atoms with Gasteiger partial charge in [-0.1, -0.05) is 89.0 Å². The SMILES string of the molecule is CCCCC/C=C/C/C=C\CCCCCCCCCCCC(=O)O. The highest BCUT2D eigenvalue weighted by atomic mass is 16.4. The Bertz CT molecular complexity index is 318. The molecular formula is C22H40O2. The second-order valence-corrected chi connectivity index (χ2v) is 6.79. The molecule has 0 aliphatic carbocycles. The van der Waals surface area contributed by atoms with Crippen LogP contribution >= 0.6 is 0 Å². The molecule has 2 nitrogen and oxygen atoms in total. The molecule has 0 aromatic heterocycles. The molecule has 0 rings (SSSR count). The molecule has 0 fully saturated rings. The smallest absolute Gasteiger partial charge is 0.303 e. The molecule has 24 heavy (non-hydrogen) atoms. The fraction of sp³-hybridized carbons (Fsp3) is 0.773.